The Morgan fingerprint density at radius 3 is 2.67 bits per heavy atom. The summed E-state index contributed by atoms with van der Waals surface area (Å²) in [5.41, 5.74) is 7.97. The average molecular weight is 267 g/mol. The predicted molar refractivity (Wildman–Crippen MR) is 76.6 cm³/mol. The first kappa shape index (κ1) is 15.1. The Labute approximate surface area is 113 Å². The highest BCUT2D eigenvalue weighted by molar-refractivity contribution is 7.98. The highest BCUT2D eigenvalue weighted by Crippen LogP contribution is 2.18. The molecule has 0 aliphatic rings. The number of carbonyl (C=O) groups excluding carboxylic acids is 1. The molecule has 1 unspecified atom stereocenters. The van der Waals surface area contributed by atoms with E-state index in [0.29, 0.717) is 6.42 Å². The van der Waals surface area contributed by atoms with Gasteiger partial charge in [-0.05, 0) is 30.2 Å². The van der Waals surface area contributed by atoms with E-state index >= 15 is 0 Å². The van der Waals surface area contributed by atoms with Gasteiger partial charge in [-0.15, -0.1) is 0 Å². The summed E-state index contributed by atoms with van der Waals surface area (Å²) in [4.78, 5) is 11.3. The molecule has 0 radical (unpaired) electrons. The van der Waals surface area contributed by atoms with Crippen molar-refractivity contribution in [1.82, 2.24) is 0 Å². The average Bonchev–Trinajstić information content (AvgIpc) is 2.36. The molecule has 0 aliphatic heterocycles. The topological polar surface area (TPSA) is 52.3 Å². The molecule has 3 nitrogen and oxygen atoms in total. The highest BCUT2D eigenvalue weighted by Gasteiger charge is 2.07. The van der Waals surface area contributed by atoms with Crippen LogP contribution in [0.2, 0.25) is 0 Å². The van der Waals surface area contributed by atoms with Crippen molar-refractivity contribution in [3.8, 4) is 0 Å². The van der Waals surface area contributed by atoms with Crippen LogP contribution in [-0.4, -0.2) is 24.9 Å². The normalized spacial score (nSPS) is 12.2. The molecule has 0 aromatic heterocycles. The van der Waals surface area contributed by atoms with E-state index in [2.05, 4.69) is 6.07 Å². The van der Waals surface area contributed by atoms with Gasteiger partial charge in [0.05, 0.1) is 13.5 Å². The molecule has 100 valence electrons. The number of hydrogen-bond acceptors (Lipinski definition) is 4. The molecule has 0 spiro atoms. The summed E-state index contributed by atoms with van der Waals surface area (Å²) in [7, 11) is 1.42. The largest absolute Gasteiger partial charge is 0.469 e. The monoisotopic (exact) mass is 267 g/mol. The third kappa shape index (κ3) is 5.56. The van der Waals surface area contributed by atoms with Gasteiger partial charge in [-0.1, -0.05) is 24.3 Å². The van der Waals surface area contributed by atoms with Gasteiger partial charge in [0, 0.05) is 11.8 Å². The zero-order valence-corrected chi connectivity index (χ0v) is 11.8. The van der Waals surface area contributed by atoms with Crippen LogP contribution in [0.1, 0.15) is 24.5 Å². The molecule has 0 aliphatic carbocycles. The van der Waals surface area contributed by atoms with Crippen molar-refractivity contribution in [2.45, 2.75) is 31.6 Å². The highest BCUT2D eigenvalue weighted by atomic mass is 32.2. The number of methoxy groups -OCH3 is 1. The Morgan fingerprint density at radius 1 is 1.39 bits per heavy atom. The van der Waals surface area contributed by atoms with Gasteiger partial charge < -0.3 is 10.5 Å². The molecule has 18 heavy (non-hydrogen) atoms. The Balaban J connectivity index is 2.51. The van der Waals surface area contributed by atoms with Crippen molar-refractivity contribution < 1.29 is 9.53 Å². The minimum absolute atomic E-state index is 0.192. The standard InChI is InChI=1S/C14H21NO2S/c1-11(15)7-8-18-10-13-6-4-3-5-12(13)9-14(16)17-2/h3-6,11H,7-10,15H2,1-2H3. The van der Waals surface area contributed by atoms with Gasteiger partial charge >= 0.3 is 5.97 Å². The smallest absolute Gasteiger partial charge is 0.309 e. The van der Waals surface area contributed by atoms with Crippen molar-refractivity contribution >= 4 is 17.7 Å². The van der Waals surface area contributed by atoms with E-state index in [4.69, 9.17) is 10.5 Å². The van der Waals surface area contributed by atoms with E-state index in [1.54, 1.807) is 0 Å². The summed E-state index contributed by atoms with van der Waals surface area (Å²) in [6.45, 7) is 2.02. The maximum absolute atomic E-state index is 11.3. The first-order chi connectivity index (χ1) is 8.63. The van der Waals surface area contributed by atoms with E-state index in [1.165, 1.54) is 12.7 Å². The number of thioether (sulfide) groups is 1. The molecule has 0 amide bonds. The zero-order chi connectivity index (χ0) is 13.4. The maximum atomic E-state index is 11.3. The Bertz CT molecular complexity index is 380. The van der Waals surface area contributed by atoms with Crippen molar-refractivity contribution in [2.75, 3.05) is 12.9 Å². The molecule has 1 rings (SSSR count). The van der Waals surface area contributed by atoms with Gasteiger partial charge in [0.2, 0.25) is 0 Å². The van der Waals surface area contributed by atoms with Gasteiger partial charge in [-0.25, -0.2) is 0 Å². The molecule has 0 heterocycles. The maximum Gasteiger partial charge on any atom is 0.309 e. The summed E-state index contributed by atoms with van der Waals surface area (Å²) in [5, 5.41) is 0. The molecule has 2 N–H and O–H groups in total. The molecule has 4 heteroatoms. The minimum atomic E-state index is -0.192. The van der Waals surface area contributed by atoms with Crippen molar-refractivity contribution in [1.29, 1.82) is 0 Å². The number of nitrogens with two attached hydrogens (primary N) is 1. The van der Waals surface area contributed by atoms with Crippen LogP contribution >= 0.6 is 11.8 Å². The molecule has 1 aromatic rings. The Kier molecular flexibility index (Phi) is 6.83. The van der Waals surface area contributed by atoms with E-state index in [1.807, 2.05) is 36.9 Å². The van der Waals surface area contributed by atoms with Crippen LogP contribution in [0.5, 0.6) is 0 Å². The number of rotatable bonds is 7. The second kappa shape index (κ2) is 8.16. The van der Waals surface area contributed by atoms with E-state index in [9.17, 15) is 4.79 Å². The van der Waals surface area contributed by atoms with Crippen molar-refractivity contribution in [3.63, 3.8) is 0 Å². The Morgan fingerprint density at radius 2 is 2.06 bits per heavy atom. The molecule has 0 saturated carbocycles. The summed E-state index contributed by atoms with van der Waals surface area (Å²) < 4.78 is 4.70. The second-order valence-corrected chi connectivity index (χ2v) is 5.45. The third-order valence-electron chi connectivity index (χ3n) is 2.66. The lowest BCUT2D eigenvalue weighted by Gasteiger charge is -2.09. The van der Waals surface area contributed by atoms with Crippen molar-refractivity contribution in [3.05, 3.63) is 35.4 Å². The Hall–Kier alpha value is -1.00. The fraction of sp³-hybridized carbons (Fsp3) is 0.500. The number of esters is 1. The van der Waals surface area contributed by atoms with Crippen LogP contribution in [0.3, 0.4) is 0 Å². The van der Waals surface area contributed by atoms with Crippen LogP contribution in [0.25, 0.3) is 0 Å². The zero-order valence-electron chi connectivity index (χ0n) is 11.0. The second-order valence-electron chi connectivity index (χ2n) is 4.34. The molecule has 0 saturated heterocycles. The van der Waals surface area contributed by atoms with Gasteiger partial charge in [0.1, 0.15) is 0 Å². The van der Waals surface area contributed by atoms with Crippen LogP contribution in [0.4, 0.5) is 0 Å². The van der Waals surface area contributed by atoms with Crippen LogP contribution in [0.15, 0.2) is 24.3 Å². The van der Waals surface area contributed by atoms with Gasteiger partial charge in [0.25, 0.3) is 0 Å². The third-order valence-corrected chi connectivity index (χ3v) is 3.70. The lowest BCUT2D eigenvalue weighted by atomic mass is 10.1. The molecule has 1 atom stereocenters. The predicted octanol–water partition coefficient (Wildman–Crippen LogP) is 2.37. The van der Waals surface area contributed by atoms with Crippen LogP contribution in [-0.2, 0) is 21.7 Å². The van der Waals surface area contributed by atoms with Gasteiger partial charge in [-0.3, -0.25) is 4.79 Å². The quantitative estimate of drug-likeness (QED) is 0.609. The lowest BCUT2D eigenvalue weighted by Crippen LogP contribution is -2.15. The minimum Gasteiger partial charge on any atom is -0.469 e. The van der Waals surface area contributed by atoms with E-state index in [-0.39, 0.29) is 12.0 Å². The number of benzene rings is 1. The number of ether oxygens (including phenoxy) is 1. The van der Waals surface area contributed by atoms with Crippen LogP contribution in [0, 0.1) is 0 Å². The molecule has 0 fully saturated rings. The van der Waals surface area contributed by atoms with Crippen molar-refractivity contribution in [2.24, 2.45) is 5.73 Å². The summed E-state index contributed by atoms with van der Waals surface area (Å²) in [6.07, 6.45) is 1.37. The molecule has 0 bridgehead atoms. The van der Waals surface area contributed by atoms with Gasteiger partial charge in [0.15, 0.2) is 0 Å². The van der Waals surface area contributed by atoms with E-state index in [0.717, 1.165) is 23.5 Å². The molecule has 1 aromatic carbocycles. The van der Waals surface area contributed by atoms with Gasteiger partial charge in [-0.2, -0.15) is 11.8 Å². The molecular formula is C14H21NO2S. The summed E-state index contributed by atoms with van der Waals surface area (Å²) in [5.74, 6) is 1.77. The first-order valence-corrected chi connectivity index (χ1v) is 7.26. The molecular weight excluding hydrogens is 246 g/mol. The fourth-order valence-electron chi connectivity index (χ4n) is 1.55. The van der Waals surface area contributed by atoms with E-state index < -0.39 is 0 Å². The SMILES string of the molecule is COC(=O)Cc1ccccc1CSCCC(C)N. The van der Waals surface area contributed by atoms with Crippen LogP contribution < -0.4 is 5.73 Å². The summed E-state index contributed by atoms with van der Waals surface area (Å²) in [6, 6.07) is 8.26. The fourth-order valence-corrected chi connectivity index (χ4v) is 2.73. The number of carbonyl (C=O) groups is 1. The summed E-state index contributed by atoms with van der Waals surface area (Å²) >= 11 is 1.85. The lowest BCUT2D eigenvalue weighted by molar-refractivity contribution is -0.139. The number of hydrogen-bond donors (Lipinski definition) is 1. The first-order valence-electron chi connectivity index (χ1n) is 6.10.